The van der Waals surface area contributed by atoms with Crippen molar-refractivity contribution >= 4 is 0 Å². The molecule has 3 rings (SSSR count). The van der Waals surface area contributed by atoms with Gasteiger partial charge in [-0.1, -0.05) is 51.0 Å². The summed E-state index contributed by atoms with van der Waals surface area (Å²) in [4.78, 5) is 0. The van der Waals surface area contributed by atoms with Gasteiger partial charge in [-0.3, -0.25) is 0 Å². The predicted octanol–water partition coefficient (Wildman–Crippen LogP) is 7.38. The first-order valence-corrected chi connectivity index (χ1v) is 10.4. The average molecular weight is 390 g/mol. The molecule has 0 N–H and O–H groups in total. The maximum atomic E-state index is 14.8. The maximum Gasteiger partial charge on any atom is 0.167 e. The first-order valence-electron chi connectivity index (χ1n) is 10.4. The van der Waals surface area contributed by atoms with E-state index in [1.807, 2.05) is 6.92 Å². The normalized spacial score (nSPS) is 19.8. The van der Waals surface area contributed by atoms with Gasteiger partial charge in [-0.25, -0.2) is 13.2 Å². The van der Waals surface area contributed by atoms with E-state index in [2.05, 4.69) is 6.92 Å². The lowest BCUT2D eigenvalue weighted by molar-refractivity contribution is -0.0214. The van der Waals surface area contributed by atoms with Gasteiger partial charge in [0.1, 0.15) is 5.82 Å². The van der Waals surface area contributed by atoms with Crippen LogP contribution in [0.15, 0.2) is 30.3 Å². The van der Waals surface area contributed by atoms with Crippen LogP contribution in [0.5, 0.6) is 0 Å². The van der Waals surface area contributed by atoms with Gasteiger partial charge in [0, 0.05) is 11.1 Å². The van der Waals surface area contributed by atoms with E-state index in [4.69, 9.17) is 4.74 Å². The van der Waals surface area contributed by atoms with Crippen LogP contribution in [0.4, 0.5) is 13.2 Å². The first kappa shape index (κ1) is 20.9. The highest BCUT2D eigenvalue weighted by Crippen LogP contribution is 2.36. The van der Waals surface area contributed by atoms with Crippen molar-refractivity contribution in [1.82, 2.24) is 0 Å². The van der Waals surface area contributed by atoms with Crippen molar-refractivity contribution in [3.8, 4) is 11.1 Å². The summed E-state index contributed by atoms with van der Waals surface area (Å²) in [6.07, 6.45) is 5.97. The zero-order valence-corrected chi connectivity index (χ0v) is 16.7. The Kier molecular flexibility index (Phi) is 7.17. The molecule has 28 heavy (non-hydrogen) atoms. The molecule has 1 aliphatic heterocycles. The molecule has 0 aliphatic carbocycles. The number of hydrogen-bond acceptors (Lipinski definition) is 1. The van der Waals surface area contributed by atoms with Gasteiger partial charge < -0.3 is 4.74 Å². The topological polar surface area (TPSA) is 9.23 Å². The largest absolute Gasteiger partial charge is 0.373 e. The standard InChI is InChI=1S/C24H29F3O/c1-3-5-7-17-9-10-18(14-21(17)25)19-11-12-20(24(27)23(19)26)22-13-8-16(6-4-2)15-28-22/h9-12,14,16,22H,3-8,13,15H2,1-2H3. The lowest BCUT2D eigenvalue weighted by Gasteiger charge is -2.29. The Bertz CT molecular complexity index is 795. The molecular weight excluding hydrogens is 361 g/mol. The molecule has 2 unspecified atom stereocenters. The quantitative estimate of drug-likeness (QED) is 0.479. The van der Waals surface area contributed by atoms with Gasteiger partial charge in [0.05, 0.1) is 12.7 Å². The number of rotatable bonds is 7. The van der Waals surface area contributed by atoms with Gasteiger partial charge in [0.15, 0.2) is 11.6 Å². The van der Waals surface area contributed by atoms with Crippen molar-refractivity contribution in [1.29, 1.82) is 0 Å². The fourth-order valence-electron chi connectivity index (χ4n) is 4.01. The highest BCUT2D eigenvalue weighted by Gasteiger charge is 2.27. The van der Waals surface area contributed by atoms with Gasteiger partial charge >= 0.3 is 0 Å². The summed E-state index contributed by atoms with van der Waals surface area (Å²) in [5.74, 6) is -1.68. The van der Waals surface area contributed by atoms with Gasteiger partial charge in [0.2, 0.25) is 0 Å². The summed E-state index contributed by atoms with van der Waals surface area (Å²) in [5.41, 5.74) is 1.31. The SMILES string of the molecule is CCCCc1ccc(-c2ccc(C3CCC(CCC)CO3)c(F)c2F)cc1F. The zero-order valence-electron chi connectivity index (χ0n) is 16.7. The number of ether oxygens (including phenoxy) is 1. The fraction of sp³-hybridized carbons (Fsp3) is 0.500. The number of benzene rings is 2. The third kappa shape index (κ3) is 4.60. The zero-order chi connectivity index (χ0) is 20.1. The van der Waals surface area contributed by atoms with E-state index < -0.39 is 17.7 Å². The molecule has 0 amide bonds. The van der Waals surface area contributed by atoms with E-state index in [0.717, 1.165) is 32.1 Å². The van der Waals surface area contributed by atoms with Crippen LogP contribution in [0.3, 0.4) is 0 Å². The predicted molar refractivity (Wildman–Crippen MR) is 107 cm³/mol. The molecule has 0 saturated carbocycles. The molecule has 2 aromatic rings. The first-order chi connectivity index (χ1) is 13.5. The monoisotopic (exact) mass is 390 g/mol. The Morgan fingerprint density at radius 2 is 1.79 bits per heavy atom. The molecule has 1 nitrogen and oxygen atoms in total. The number of aryl methyl sites for hydroxylation is 1. The number of hydrogen-bond donors (Lipinski definition) is 0. The molecule has 0 aromatic heterocycles. The van der Waals surface area contributed by atoms with Crippen molar-refractivity contribution < 1.29 is 17.9 Å². The number of halogens is 3. The molecule has 2 aromatic carbocycles. The van der Waals surface area contributed by atoms with Crippen LogP contribution in [0.2, 0.25) is 0 Å². The molecule has 1 saturated heterocycles. The van der Waals surface area contributed by atoms with Crippen LogP contribution in [-0.4, -0.2) is 6.61 Å². The molecule has 1 fully saturated rings. The minimum atomic E-state index is -0.933. The minimum Gasteiger partial charge on any atom is -0.373 e. The molecule has 0 radical (unpaired) electrons. The van der Waals surface area contributed by atoms with Crippen LogP contribution in [0.25, 0.3) is 11.1 Å². The minimum absolute atomic E-state index is 0.0851. The van der Waals surface area contributed by atoms with Crippen molar-refractivity contribution in [2.75, 3.05) is 6.61 Å². The van der Waals surface area contributed by atoms with Crippen molar-refractivity contribution in [2.45, 2.75) is 64.9 Å². The van der Waals surface area contributed by atoms with E-state index in [9.17, 15) is 13.2 Å². The average Bonchev–Trinajstić information content (AvgIpc) is 2.70. The van der Waals surface area contributed by atoms with Crippen LogP contribution in [0, 0.1) is 23.4 Å². The second-order valence-electron chi connectivity index (χ2n) is 7.79. The Labute approximate surface area is 165 Å². The molecule has 4 heteroatoms. The Morgan fingerprint density at radius 3 is 2.43 bits per heavy atom. The van der Waals surface area contributed by atoms with Gasteiger partial charge in [-0.15, -0.1) is 0 Å². The molecular formula is C24H29F3O. The third-order valence-electron chi connectivity index (χ3n) is 5.69. The Balaban J connectivity index is 1.80. The van der Waals surface area contributed by atoms with Crippen molar-refractivity contribution in [3.05, 3.63) is 58.9 Å². The fourth-order valence-corrected chi connectivity index (χ4v) is 4.01. The van der Waals surface area contributed by atoms with E-state index in [1.54, 1.807) is 18.2 Å². The second-order valence-corrected chi connectivity index (χ2v) is 7.79. The number of unbranched alkanes of at least 4 members (excludes halogenated alkanes) is 1. The van der Waals surface area contributed by atoms with E-state index in [1.165, 1.54) is 12.1 Å². The Hall–Kier alpha value is -1.81. The van der Waals surface area contributed by atoms with Crippen LogP contribution < -0.4 is 0 Å². The molecule has 152 valence electrons. The molecule has 1 heterocycles. The highest BCUT2D eigenvalue weighted by atomic mass is 19.2. The summed E-state index contributed by atoms with van der Waals surface area (Å²) < 4.78 is 49.7. The van der Waals surface area contributed by atoms with Crippen LogP contribution in [-0.2, 0) is 11.2 Å². The van der Waals surface area contributed by atoms with Crippen molar-refractivity contribution in [3.63, 3.8) is 0 Å². The lowest BCUT2D eigenvalue weighted by Crippen LogP contribution is -2.21. The van der Waals surface area contributed by atoms with Gasteiger partial charge in [0.25, 0.3) is 0 Å². The smallest absolute Gasteiger partial charge is 0.167 e. The second kappa shape index (κ2) is 9.60. The summed E-state index contributed by atoms with van der Waals surface area (Å²) in [7, 11) is 0. The highest BCUT2D eigenvalue weighted by molar-refractivity contribution is 5.65. The molecule has 0 spiro atoms. The van der Waals surface area contributed by atoms with E-state index >= 15 is 0 Å². The Morgan fingerprint density at radius 1 is 0.964 bits per heavy atom. The van der Waals surface area contributed by atoms with Crippen LogP contribution in [0.1, 0.15) is 69.6 Å². The summed E-state index contributed by atoms with van der Waals surface area (Å²) >= 11 is 0. The lowest BCUT2D eigenvalue weighted by atomic mass is 9.90. The summed E-state index contributed by atoms with van der Waals surface area (Å²) in [5, 5.41) is 0. The van der Waals surface area contributed by atoms with E-state index in [0.29, 0.717) is 36.5 Å². The molecule has 0 bridgehead atoms. The van der Waals surface area contributed by atoms with Gasteiger partial charge in [-0.2, -0.15) is 0 Å². The molecule has 2 atom stereocenters. The third-order valence-corrected chi connectivity index (χ3v) is 5.69. The van der Waals surface area contributed by atoms with Crippen LogP contribution >= 0.6 is 0 Å². The summed E-state index contributed by atoms with van der Waals surface area (Å²) in [6, 6.07) is 7.76. The molecule has 1 aliphatic rings. The van der Waals surface area contributed by atoms with E-state index in [-0.39, 0.29) is 16.9 Å². The summed E-state index contributed by atoms with van der Waals surface area (Å²) in [6.45, 7) is 4.77. The van der Waals surface area contributed by atoms with Gasteiger partial charge in [-0.05, 0) is 55.2 Å². The maximum absolute atomic E-state index is 14.8. The van der Waals surface area contributed by atoms with Crippen molar-refractivity contribution in [2.24, 2.45) is 5.92 Å².